The van der Waals surface area contributed by atoms with Crippen molar-refractivity contribution in [2.24, 2.45) is 7.05 Å². The molecule has 33 heavy (non-hydrogen) atoms. The minimum atomic E-state index is -4.56. The lowest BCUT2D eigenvalue weighted by atomic mass is 9.98. The van der Waals surface area contributed by atoms with Crippen LogP contribution < -0.4 is 4.74 Å². The van der Waals surface area contributed by atoms with Crippen molar-refractivity contribution in [2.45, 2.75) is 26.4 Å². The molecule has 0 N–H and O–H groups in total. The van der Waals surface area contributed by atoms with Crippen molar-refractivity contribution < 1.29 is 27.4 Å². The van der Waals surface area contributed by atoms with Gasteiger partial charge in [-0.1, -0.05) is 43.3 Å². The molecule has 4 aromatic rings. The normalized spacial score (nSPS) is 11.8. The molecule has 0 unspecified atom stereocenters. The van der Waals surface area contributed by atoms with E-state index in [0.717, 1.165) is 27.6 Å². The summed E-state index contributed by atoms with van der Waals surface area (Å²) in [6.45, 7) is 2.13. The zero-order valence-electron chi connectivity index (χ0n) is 18.5. The minimum absolute atomic E-state index is 0.0784. The van der Waals surface area contributed by atoms with Crippen LogP contribution in [-0.4, -0.2) is 34.9 Å². The van der Waals surface area contributed by atoms with Crippen LogP contribution in [0.4, 0.5) is 13.2 Å². The van der Waals surface area contributed by atoms with Gasteiger partial charge in [0.2, 0.25) is 0 Å². The number of alkyl halides is 3. The lowest BCUT2D eigenvalue weighted by Crippen LogP contribution is -2.20. The summed E-state index contributed by atoms with van der Waals surface area (Å²) < 4.78 is 50.6. The summed E-state index contributed by atoms with van der Waals surface area (Å²) in [5, 5.41) is 2.43. The second-order valence-corrected chi connectivity index (χ2v) is 7.63. The van der Waals surface area contributed by atoms with Crippen molar-refractivity contribution in [3.63, 3.8) is 0 Å². The first-order chi connectivity index (χ1) is 15.7. The highest BCUT2D eigenvalue weighted by molar-refractivity contribution is 6.02. The van der Waals surface area contributed by atoms with Crippen LogP contribution in [0.15, 0.2) is 48.5 Å². The number of aromatic nitrogens is 2. The van der Waals surface area contributed by atoms with Gasteiger partial charge in [0.05, 0.1) is 17.7 Å². The van der Waals surface area contributed by atoms with Gasteiger partial charge in [-0.15, -0.1) is 0 Å². The molecule has 0 spiro atoms. The van der Waals surface area contributed by atoms with E-state index < -0.39 is 18.8 Å². The predicted octanol–water partition coefficient (Wildman–Crippen LogP) is 6.07. The molecule has 0 saturated carbocycles. The van der Waals surface area contributed by atoms with Crippen molar-refractivity contribution in [1.82, 2.24) is 9.55 Å². The van der Waals surface area contributed by atoms with E-state index in [0.29, 0.717) is 17.5 Å². The van der Waals surface area contributed by atoms with Crippen LogP contribution in [0.1, 0.15) is 30.0 Å². The van der Waals surface area contributed by atoms with Crippen LogP contribution in [0.5, 0.6) is 5.75 Å². The highest BCUT2D eigenvalue weighted by Gasteiger charge is 2.32. The second kappa shape index (κ2) is 8.77. The van der Waals surface area contributed by atoms with E-state index in [1.807, 2.05) is 49.4 Å². The summed E-state index contributed by atoms with van der Waals surface area (Å²) in [5.74, 6) is -0.944. The number of aryl methyl sites for hydroxylation is 2. The fourth-order valence-corrected chi connectivity index (χ4v) is 3.95. The van der Waals surface area contributed by atoms with E-state index in [1.54, 1.807) is 20.0 Å². The van der Waals surface area contributed by atoms with Crippen LogP contribution in [0.3, 0.4) is 0 Å². The summed E-state index contributed by atoms with van der Waals surface area (Å²) in [7, 11) is 1.57. The fraction of sp³-hybridized carbons (Fsp3) is 0.280. The number of esters is 1. The SMILES string of the molecule is CCOC(=O)c1c(OCC(F)(F)F)c2cc(-c3ccc4ccccc4c3)c(CC)nc2n1C. The molecule has 2 aromatic heterocycles. The number of hydrogen-bond donors (Lipinski definition) is 0. The zero-order chi connectivity index (χ0) is 23.8. The Morgan fingerprint density at radius 2 is 1.79 bits per heavy atom. The number of hydrogen-bond acceptors (Lipinski definition) is 4. The first-order valence-electron chi connectivity index (χ1n) is 10.6. The highest BCUT2D eigenvalue weighted by atomic mass is 19.4. The lowest BCUT2D eigenvalue weighted by molar-refractivity contribution is -0.153. The Bertz CT molecular complexity index is 1340. The maximum absolute atomic E-state index is 13.0. The molecule has 0 bridgehead atoms. The van der Waals surface area contributed by atoms with Crippen molar-refractivity contribution in [3.05, 3.63) is 59.9 Å². The van der Waals surface area contributed by atoms with Crippen LogP contribution in [0, 0.1) is 0 Å². The van der Waals surface area contributed by atoms with Gasteiger partial charge in [0, 0.05) is 12.6 Å². The number of halogens is 3. The third-order valence-corrected chi connectivity index (χ3v) is 5.44. The van der Waals surface area contributed by atoms with Gasteiger partial charge in [-0.05, 0) is 41.8 Å². The van der Waals surface area contributed by atoms with Crippen molar-refractivity contribution in [1.29, 1.82) is 0 Å². The molecule has 0 atom stereocenters. The van der Waals surface area contributed by atoms with Crippen molar-refractivity contribution in [2.75, 3.05) is 13.2 Å². The molecule has 8 heteroatoms. The molecule has 0 amide bonds. The van der Waals surface area contributed by atoms with E-state index in [1.165, 1.54) is 4.57 Å². The molecule has 0 saturated heterocycles. The van der Waals surface area contributed by atoms with Crippen LogP contribution in [-0.2, 0) is 18.2 Å². The Kier molecular flexibility index (Phi) is 6.01. The van der Waals surface area contributed by atoms with Gasteiger partial charge < -0.3 is 14.0 Å². The van der Waals surface area contributed by atoms with Gasteiger partial charge in [0.25, 0.3) is 0 Å². The quantitative estimate of drug-likeness (QED) is 0.330. The molecule has 2 heterocycles. The van der Waals surface area contributed by atoms with Crippen LogP contribution in [0.2, 0.25) is 0 Å². The van der Waals surface area contributed by atoms with E-state index in [9.17, 15) is 18.0 Å². The number of pyridine rings is 1. The van der Waals surface area contributed by atoms with E-state index >= 15 is 0 Å². The number of nitrogens with zero attached hydrogens (tertiary/aromatic N) is 2. The van der Waals surface area contributed by atoms with Gasteiger partial charge >= 0.3 is 12.1 Å². The van der Waals surface area contributed by atoms with Gasteiger partial charge in [0.1, 0.15) is 5.65 Å². The Labute approximate surface area is 188 Å². The third kappa shape index (κ3) is 4.37. The van der Waals surface area contributed by atoms with E-state index in [-0.39, 0.29) is 18.1 Å². The van der Waals surface area contributed by atoms with Crippen LogP contribution in [0.25, 0.3) is 32.9 Å². The lowest BCUT2D eigenvalue weighted by Gasteiger charge is -2.12. The summed E-state index contributed by atoms with van der Waals surface area (Å²) in [6, 6.07) is 15.6. The monoisotopic (exact) mass is 456 g/mol. The standard InChI is InChI=1S/C25H23F3N2O3/c1-4-20-18(17-11-10-15-8-6-7-9-16(15)12-17)13-19-22(33-14-25(26,27)28)21(24(31)32-5-2)30(3)23(19)29-20/h6-13H,4-5,14H2,1-3H3. The smallest absolute Gasteiger partial charge is 0.422 e. The van der Waals surface area contributed by atoms with Gasteiger partial charge in [-0.25, -0.2) is 9.78 Å². The molecular formula is C25H23F3N2O3. The Hall–Kier alpha value is -3.55. The number of fused-ring (bicyclic) bond motifs is 2. The summed E-state index contributed by atoms with van der Waals surface area (Å²) >= 11 is 0. The molecule has 2 aromatic carbocycles. The summed E-state index contributed by atoms with van der Waals surface area (Å²) in [5.41, 5.74) is 2.67. The molecule has 4 rings (SSSR count). The van der Waals surface area contributed by atoms with Gasteiger partial charge in [0.15, 0.2) is 18.1 Å². The molecule has 0 aliphatic carbocycles. The second-order valence-electron chi connectivity index (χ2n) is 7.63. The summed E-state index contributed by atoms with van der Waals surface area (Å²) in [4.78, 5) is 17.3. The number of benzene rings is 2. The number of ether oxygens (including phenoxy) is 2. The maximum atomic E-state index is 13.0. The van der Waals surface area contributed by atoms with Gasteiger partial charge in [-0.3, -0.25) is 0 Å². The van der Waals surface area contributed by atoms with Crippen molar-refractivity contribution >= 4 is 27.8 Å². The minimum Gasteiger partial charge on any atom is -0.481 e. The molecule has 0 aliphatic rings. The highest BCUT2D eigenvalue weighted by Crippen LogP contribution is 2.38. The first kappa shape index (κ1) is 22.6. The topological polar surface area (TPSA) is 53.4 Å². The summed E-state index contributed by atoms with van der Waals surface area (Å²) in [6.07, 6.45) is -3.97. The molecular weight excluding hydrogens is 433 g/mol. The molecule has 172 valence electrons. The fourth-order valence-electron chi connectivity index (χ4n) is 3.95. The Balaban J connectivity index is 1.95. The number of rotatable bonds is 6. The molecule has 0 aliphatic heterocycles. The van der Waals surface area contributed by atoms with Crippen LogP contribution >= 0.6 is 0 Å². The average Bonchev–Trinajstić information content (AvgIpc) is 3.07. The van der Waals surface area contributed by atoms with E-state index in [2.05, 4.69) is 0 Å². The zero-order valence-corrected chi connectivity index (χ0v) is 18.5. The predicted molar refractivity (Wildman–Crippen MR) is 121 cm³/mol. The van der Waals surface area contributed by atoms with Gasteiger partial charge in [-0.2, -0.15) is 13.2 Å². The van der Waals surface area contributed by atoms with E-state index in [4.69, 9.17) is 14.5 Å². The molecule has 0 radical (unpaired) electrons. The maximum Gasteiger partial charge on any atom is 0.422 e. The Morgan fingerprint density at radius 1 is 1.06 bits per heavy atom. The number of carbonyl (C=O) groups is 1. The number of carbonyl (C=O) groups excluding carboxylic acids is 1. The average molecular weight is 456 g/mol. The molecule has 5 nitrogen and oxygen atoms in total. The van der Waals surface area contributed by atoms with Crippen molar-refractivity contribution in [3.8, 4) is 16.9 Å². The Morgan fingerprint density at radius 3 is 2.45 bits per heavy atom. The first-order valence-corrected chi connectivity index (χ1v) is 10.6. The largest absolute Gasteiger partial charge is 0.481 e. The third-order valence-electron chi connectivity index (χ3n) is 5.44. The molecule has 0 fully saturated rings.